The Bertz CT molecular complexity index is 460. The summed E-state index contributed by atoms with van der Waals surface area (Å²) in [5, 5.41) is 0. The van der Waals surface area contributed by atoms with Gasteiger partial charge in [0.25, 0.3) is 5.56 Å². The smallest absolute Gasteiger partial charge is 0.252 e. The summed E-state index contributed by atoms with van der Waals surface area (Å²) in [6.45, 7) is 3.02. The zero-order chi connectivity index (χ0) is 12.4. The number of morpholine rings is 1. The van der Waals surface area contributed by atoms with E-state index >= 15 is 0 Å². The van der Waals surface area contributed by atoms with Crippen LogP contribution >= 0.6 is 0 Å². The SMILES string of the molecule is O=c1cc(C2CCCC2)nc(N2CCOCC2)[nH]1. The quantitative estimate of drug-likeness (QED) is 0.857. The summed E-state index contributed by atoms with van der Waals surface area (Å²) in [5.74, 6) is 1.19. The lowest BCUT2D eigenvalue weighted by Gasteiger charge is -2.27. The van der Waals surface area contributed by atoms with Crippen molar-refractivity contribution in [2.75, 3.05) is 31.2 Å². The van der Waals surface area contributed by atoms with Crippen molar-refractivity contribution >= 4 is 5.95 Å². The van der Waals surface area contributed by atoms with Crippen LogP contribution in [0.2, 0.25) is 0 Å². The van der Waals surface area contributed by atoms with E-state index in [0.29, 0.717) is 25.1 Å². The monoisotopic (exact) mass is 249 g/mol. The molecule has 2 heterocycles. The number of hydrogen-bond donors (Lipinski definition) is 1. The van der Waals surface area contributed by atoms with Gasteiger partial charge in [-0.2, -0.15) is 0 Å². The summed E-state index contributed by atoms with van der Waals surface area (Å²) in [4.78, 5) is 21.4. The lowest BCUT2D eigenvalue weighted by atomic mass is 10.0. The molecule has 1 aliphatic carbocycles. The summed E-state index contributed by atoms with van der Waals surface area (Å²) in [6.07, 6.45) is 4.84. The van der Waals surface area contributed by atoms with Crippen molar-refractivity contribution in [2.45, 2.75) is 31.6 Å². The van der Waals surface area contributed by atoms with Gasteiger partial charge in [-0.3, -0.25) is 9.78 Å². The molecule has 1 saturated carbocycles. The van der Waals surface area contributed by atoms with Gasteiger partial charge in [0.15, 0.2) is 0 Å². The molecule has 1 N–H and O–H groups in total. The van der Waals surface area contributed by atoms with Crippen molar-refractivity contribution in [1.82, 2.24) is 9.97 Å². The Labute approximate surface area is 106 Å². The fourth-order valence-corrected chi connectivity index (χ4v) is 2.82. The van der Waals surface area contributed by atoms with Crippen LogP contribution in [0, 0.1) is 0 Å². The maximum Gasteiger partial charge on any atom is 0.252 e. The van der Waals surface area contributed by atoms with Gasteiger partial charge in [-0.05, 0) is 12.8 Å². The van der Waals surface area contributed by atoms with Gasteiger partial charge in [0, 0.05) is 25.1 Å². The molecule has 0 radical (unpaired) electrons. The molecule has 0 spiro atoms. The van der Waals surface area contributed by atoms with Crippen molar-refractivity contribution in [3.63, 3.8) is 0 Å². The predicted molar refractivity (Wildman–Crippen MR) is 69.1 cm³/mol. The highest BCUT2D eigenvalue weighted by atomic mass is 16.5. The van der Waals surface area contributed by atoms with Gasteiger partial charge in [0.1, 0.15) is 0 Å². The fourth-order valence-electron chi connectivity index (χ4n) is 2.82. The maximum absolute atomic E-state index is 11.8. The minimum Gasteiger partial charge on any atom is -0.378 e. The molecule has 0 aromatic carbocycles. The third kappa shape index (κ3) is 2.41. The Morgan fingerprint density at radius 2 is 2.00 bits per heavy atom. The van der Waals surface area contributed by atoms with E-state index in [-0.39, 0.29) is 5.56 Å². The first-order valence-electron chi connectivity index (χ1n) is 6.77. The molecule has 18 heavy (non-hydrogen) atoms. The molecule has 98 valence electrons. The summed E-state index contributed by atoms with van der Waals surface area (Å²) >= 11 is 0. The van der Waals surface area contributed by atoms with Crippen LogP contribution in [-0.2, 0) is 4.74 Å². The summed E-state index contributed by atoms with van der Waals surface area (Å²) in [7, 11) is 0. The molecule has 1 saturated heterocycles. The first-order chi connectivity index (χ1) is 8.83. The van der Waals surface area contributed by atoms with E-state index in [1.807, 2.05) is 0 Å². The molecule has 0 unspecified atom stereocenters. The number of aromatic nitrogens is 2. The topological polar surface area (TPSA) is 58.2 Å². The maximum atomic E-state index is 11.8. The highest BCUT2D eigenvalue weighted by molar-refractivity contribution is 5.31. The molecule has 1 aromatic heterocycles. The molecule has 2 fully saturated rings. The zero-order valence-corrected chi connectivity index (χ0v) is 10.5. The molecule has 2 aliphatic rings. The molecule has 5 nitrogen and oxygen atoms in total. The third-order valence-corrected chi connectivity index (χ3v) is 3.83. The number of nitrogens with zero attached hydrogens (tertiary/aromatic N) is 2. The normalized spacial score (nSPS) is 21.4. The lowest BCUT2D eigenvalue weighted by Crippen LogP contribution is -2.38. The van der Waals surface area contributed by atoms with Crippen LogP contribution in [0.3, 0.4) is 0 Å². The fraction of sp³-hybridized carbons (Fsp3) is 0.692. The molecule has 3 rings (SSSR count). The Balaban J connectivity index is 1.87. The van der Waals surface area contributed by atoms with E-state index in [4.69, 9.17) is 4.74 Å². The van der Waals surface area contributed by atoms with Gasteiger partial charge in [0.2, 0.25) is 5.95 Å². The first-order valence-corrected chi connectivity index (χ1v) is 6.77. The van der Waals surface area contributed by atoms with E-state index in [2.05, 4.69) is 14.9 Å². The first kappa shape index (κ1) is 11.7. The van der Waals surface area contributed by atoms with E-state index in [1.165, 1.54) is 25.7 Å². The molecular weight excluding hydrogens is 230 g/mol. The van der Waals surface area contributed by atoms with Gasteiger partial charge in [-0.15, -0.1) is 0 Å². The number of H-pyrrole nitrogens is 1. The second kappa shape index (κ2) is 5.10. The van der Waals surface area contributed by atoms with Crippen LogP contribution in [0.4, 0.5) is 5.95 Å². The van der Waals surface area contributed by atoms with Crippen molar-refractivity contribution < 1.29 is 4.74 Å². The van der Waals surface area contributed by atoms with E-state index in [9.17, 15) is 4.79 Å². The second-order valence-electron chi connectivity index (χ2n) is 5.07. The summed E-state index contributed by atoms with van der Waals surface area (Å²) < 4.78 is 5.32. The summed E-state index contributed by atoms with van der Waals surface area (Å²) in [6, 6.07) is 1.67. The summed E-state index contributed by atoms with van der Waals surface area (Å²) in [5.41, 5.74) is 0.936. The molecule has 0 bridgehead atoms. The van der Waals surface area contributed by atoms with E-state index in [0.717, 1.165) is 18.8 Å². The minimum absolute atomic E-state index is 0.0339. The Morgan fingerprint density at radius 1 is 1.28 bits per heavy atom. The average molecular weight is 249 g/mol. The van der Waals surface area contributed by atoms with Gasteiger partial charge in [-0.25, -0.2) is 4.98 Å². The van der Waals surface area contributed by atoms with E-state index < -0.39 is 0 Å². The molecule has 0 amide bonds. The molecular formula is C13H19N3O2. The lowest BCUT2D eigenvalue weighted by molar-refractivity contribution is 0.122. The van der Waals surface area contributed by atoms with Crippen LogP contribution in [-0.4, -0.2) is 36.3 Å². The standard InChI is InChI=1S/C13H19N3O2/c17-12-9-11(10-3-1-2-4-10)14-13(15-12)16-5-7-18-8-6-16/h9-10H,1-8H2,(H,14,15,17). The largest absolute Gasteiger partial charge is 0.378 e. The minimum atomic E-state index is -0.0339. The number of aromatic amines is 1. The van der Waals surface area contributed by atoms with Crippen molar-refractivity contribution in [1.29, 1.82) is 0 Å². The molecule has 1 aliphatic heterocycles. The molecule has 1 aromatic rings. The number of hydrogen-bond acceptors (Lipinski definition) is 4. The predicted octanol–water partition coefficient (Wildman–Crippen LogP) is 1.26. The zero-order valence-electron chi connectivity index (χ0n) is 10.5. The second-order valence-corrected chi connectivity index (χ2v) is 5.07. The van der Waals surface area contributed by atoms with Crippen LogP contribution in [0.25, 0.3) is 0 Å². The van der Waals surface area contributed by atoms with Crippen LogP contribution in [0.1, 0.15) is 37.3 Å². The molecule has 5 heteroatoms. The highest BCUT2D eigenvalue weighted by Crippen LogP contribution is 2.32. The van der Waals surface area contributed by atoms with Crippen LogP contribution < -0.4 is 10.5 Å². The Kier molecular flexibility index (Phi) is 3.32. The number of nitrogens with one attached hydrogen (secondary N) is 1. The Hall–Kier alpha value is -1.36. The number of ether oxygens (including phenoxy) is 1. The van der Waals surface area contributed by atoms with Crippen molar-refractivity contribution in [3.8, 4) is 0 Å². The van der Waals surface area contributed by atoms with Gasteiger partial charge < -0.3 is 9.64 Å². The average Bonchev–Trinajstić information content (AvgIpc) is 2.93. The van der Waals surface area contributed by atoms with Gasteiger partial charge >= 0.3 is 0 Å². The highest BCUT2D eigenvalue weighted by Gasteiger charge is 2.21. The van der Waals surface area contributed by atoms with Gasteiger partial charge in [0.05, 0.1) is 18.9 Å². The number of anilines is 1. The van der Waals surface area contributed by atoms with Crippen molar-refractivity contribution in [3.05, 3.63) is 22.1 Å². The molecule has 0 atom stereocenters. The third-order valence-electron chi connectivity index (χ3n) is 3.83. The number of rotatable bonds is 2. The van der Waals surface area contributed by atoms with Crippen LogP contribution in [0.5, 0.6) is 0 Å². The van der Waals surface area contributed by atoms with E-state index in [1.54, 1.807) is 6.07 Å². The van der Waals surface area contributed by atoms with Crippen molar-refractivity contribution in [2.24, 2.45) is 0 Å². The van der Waals surface area contributed by atoms with Gasteiger partial charge in [-0.1, -0.05) is 12.8 Å². The van der Waals surface area contributed by atoms with Crippen LogP contribution in [0.15, 0.2) is 10.9 Å². The Morgan fingerprint density at radius 3 is 2.72 bits per heavy atom.